The van der Waals surface area contributed by atoms with Crippen LogP contribution in [0, 0.1) is 5.82 Å². The molecule has 22 heavy (non-hydrogen) atoms. The summed E-state index contributed by atoms with van der Waals surface area (Å²) in [6.07, 6.45) is 8.12. The molecule has 0 saturated heterocycles. The van der Waals surface area contributed by atoms with Crippen molar-refractivity contribution < 1.29 is 4.39 Å². The van der Waals surface area contributed by atoms with Gasteiger partial charge in [-0.3, -0.25) is 0 Å². The summed E-state index contributed by atoms with van der Waals surface area (Å²) in [7, 11) is 0. The van der Waals surface area contributed by atoms with E-state index in [-0.39, 0.29) is 5.82 Å². The van der Waals surface area contributed by atoms with E-state index in [2.05, 4.69) is 20.4 Å². The van der Waals surface area contributed by atoms with Crippen LogP contribution in [0.15, 0.2) is 36.8 Å². The van der Waals surface area contributed by atoms with Crippen LogP contribution in [0.25, 0.3) is 16.7 Å². The summed E-state index contributed by atoms with van der Waals surface area (Å²) in [4.78, 5) is 8.65. The minimum absolute atomic E-state index is 0.292. The molecule has 112 valence electrons. The molecule has 1 aliphatic rings. The summed E-state index contributed by atoms with van der Waals surface area (Å²) in [6, 6.07) is 6.80. The molecule has 3 aromatic rings. The minimum Gasteiger partial charge on any atom is -0.367 e. The zero-order chi connectivity index (χ0) is 14.9. The van der Waals surface area contributed by atoms with E-state index in [0.29, 0.717) is 17.4 Å². The highest BCUT2D eigenvalue weighted by Crippen LogP contribution is 2.26. The van der Waals surface area contributed by atoms with E-state index in [1.54, 1.807) is 16.9 Å². The normalized spacial score (nSPS) is 15.5. The number of nitrogens with one attached hydrogen (secondary N) is 1. The molecule has 2 heterocycles. The maximum atomic E-state index is 13.4. The molecule has 0 bridgehead atoms. The van der Waals surface area contributed by atoms with Gasteiger partial charge >= 0.3 is 0 Å². The Morgan fingerprint density at radius 1 is 1.18 bits per heavy atom. The molecule has 0 aliphatic heterocycles. The second-order valence-corrected chi connectivity index (χ2v) is 5.62. The standard InChI is InChI=1S/C16H16FN5/c17-11-4-3-7-13(8-11)22-16-14(9-20-22)15(18-10-19-16)21-12-5-1-2-6-12/h3-4,7-10,12H,1-2,5-6H2,(H,18,19,21). The molecule has 1 N–H and O–H groups in total. The van der Waals surface area contributed by atoms with Crippen molar-refractivity contribution >= 4 is 16.9 Å². The summed E-state index contributed by atoms with van der Waals surface area (Å²) >= 11 is 0. The average molecular weight is 297 g/mol. The van der Waals surface area contributed by atoms with Crippen LogP contribution in [0.2, 0.25) is 0 Å². The van der Waals surface area contributed by atoms with Gasteiger partial charge in [-0.15, -0.1) is 0 Å². The van der Waals surface area contributed by atoms with Crippen LogP contribution < -0.4 is 5.32 Å². The van der Waals surface area contributed by atoms with E-state index in [9.17, 15) is 4.39 Å². The first kappa shape index (κ1) is 13.2. The van der Waals surface area contributed by atoms with Gasteiger partial charge in [0.1, 0.15) is 18.0 Å². The Kier molecular flexibility index (Phi) is 3.21. The highest BCUT2D eigenvalue weighted by molar-refractivity contribution is 5.87. The third-order valence-electron chi connectivity index (χ3n) is 4.11. The van der Waals surface area contributed by atoms with Crippen molar-refractivity contribution in [1.29, 1.82) is 0 Å². The van der Waals surface area contributed by atoms with Crippen molar-refractivity contribution in [2.24, 2.45) is 0 Å². The van der Waals surface area contributed by atoms with E-state index < -0.39 is 0 Å². The lowest BCUT2D eigenvalue weighted by Crippen LogP contribution is -2.15. The third-order valence-corrected chi connectivity index (χ3v) is 4.11. The molecule has 0 amide bonds. The summed E-state index contributed by atoms with van der Waals surface area (Å²) in [6.45, 7) is 0. The van der Waals surface area contributed by atoms with Crippen LogP contribution in [0.3, 0.4) is 0 Å². The van der Waals surface area contributed by atoms with Gasteiger partial charge in [-0.25, -0.2) is 19.0 Å². The Morgan fingerprint density at radius 2 is 2.05 bits per heavy atom. The maximum absolute atomic E-state index is 13.4. The Hall–Kier alpha value is -2.50. The lowest BCUT2D eigenvalue weighted by Gasteiger charge is -2.12. The molecule has 0 spiro atoms. The number of benzene rings is 1. The quantitative estimate of drug-likeness (QED) is 0.806. The first-order valence-corrected chi connectivity index (χ1v) is 7.52. The number of hydrogen-bond acceptors (Lipinski definition) is 4. The van der Waals surface area contributed by atoms with Gasteiger partial charge in [-0.1, -0.05) is 18.9 Å². The van der Waals surface area contributed by atoms with Crippen LogP contribution in [0.1, 0.15) is 25.7 Å². The summed E-state index contributed by atoms with van der Waals surface area (Å²) in [5, 5.41) is 8.69. The fourth-order valence-electron chi connectivity index (χ4n) is 3.02. The zero-order valence-corrected chi connectivity index (χ0v) is 12.0. The molecule has 0 atom stereocenters. The number of fused-ring (bicyclic) bond motifs is 1. The number of halogens is 1. The Bertz CT molecular complexity index is 807. The molecule has 1 fully saturated rings. The number of aromatic nitrogens is 4. The molecule has 1 saturated carbocycles. The molecule has 4 rings (SSSR count). The topological polar surface area (TPSA) is 55.6 Å². The van der Waals surface area contributed by atoms with Crippen molar-refractivity contribution in [3.63, 3.8) is 0 Å². The highest BCUT2D eigenvalue weighted by atomic mass is 19.1. The third kappa shape index (κ3) is 2.30. The molecule has 0 unspecified atom stereocenters. The molecule has 1 aliphatic carbocycles. The van der Waals surface area contributed by atoms with E-state index >= 15 is 0 Å². The van der Waals surface area contributed by atoms with E-state index in [0.717, 1.165) is 11.2 Å². The maximum Gasteiger partial charge on any atom is 0.168 e. The average Bonchev–Trinajstić information content (AvgIpc) is 3.17. The van der Waals surface area contributed by atoms with Crippen LogP contribution >= 0.6 is 0 Å². The van der Waals surface area contributed by atoms with Gasteiger partial charge in [-0.05, 0) is 31.0 Å². The van der Waals surface area contributed by atoms with Crippen molar-refractivity contribution in [3.05, 3.63) is 42.6 Å². The van der Waals surface area contributed by atoms with Gasteiger partial charge in [0.25, 0.3) is 0 Å². The number of rotatable bonds is 3. The lowest BCUT2D eigenvalue weighted by molar-refractivity contribution is 0.625. The van der Waals surface area contributed by atoms with Gasteiger partial charge in [0, 0.05) is 6.04 Å². The molecule has 6 heteroatoms. The monoisotopic (exact) mass is 297 g/mol. The lowest BCUT2D eigenvalue weighted by atomic mass is 10.2. The molecule has 1 aromatic carbocycles. The number of hydrogen-bond donors (Lipinski definition) is 1. The van der Waals surface area contributed by atoms with Crippen LogP contribution in [-0.2, 0) is 0 Å². The summed E-state index contributed by atoms with van der Waals surface area (Å²) < 4.78 is 15.1. The van der Waals surface area contributed by atoms with Crippen LogP contribution in [-0.4, -0.2) is 25.8 Å². The second kappa shape index (κ2) is 5.36. The van der Waals surface area contributed by atoms with Gasteiger partial charge in [0.2, 0.25) is 0 Å². The first-order chi connectivity index (χ1) is 10.8. The van der Waals surface area contributed by atoms with Gasteiger partial charge in [-0.2, -0.15) is 5.10 Å². The minimum atomic E-state index is -0.292. The second-order valence-electron chi connectivity index (χ2n) is 5.62. The molecule has 5 nitrogen and oxygen atoms in total. The van der Waals surface area contributed by atoms with Gasteiger partial charge in [0.15, 0.2) is 5.65 Å². The van der Waals surface area contributed by atoms with E-state index in [4.69, 9.17) is 0 Å². The SMILES string of the molecule is Fc1cccc(-n2ncc3c(NC4CCCC4)ncnc32)c1. The van der Waals surface area contributed by atoms with Gasteiger partial charge in [0.05, 0.1) is 17.3 Å². The van der Waals surface area contributed by atoms with E-state index in [1.807, 2.05) is 6.07 Å². The number of anilines is 1. The van der Waals surface area contributed by atoms with E-state index in [1.165, 1.54) is 44.1 Å². The first-order valence-electron chi connectivity index (χ1n) is 7.52. The molecular formula is C16H16FN5. The Balaban J connectivity index is 1.76. The zero-order valence-electron chi connectivity index (χ0n) is 12.0. The smallest absolute Gasteiger partial charge is 0.168 e. The van der Waals surface area contributed by atoms with Crippen molar-refractivity contribution in [3.8, 4) is 5.69 Å². The highest BCUT2D eigenvalue weighted by Gasteiger charge is 2.18. The van der Waals surface area contributed by atoms with Crippen LogP contribution in [0.4, 0.5) is 10.2 Å². The van der Waals surface area contributed by atoms with Crippen molar-refractivity contribution in [1.82, 2.24) is 19.7 Å². The molecule has 2 aromatic heterocycles. The fourth-order valence-corrected chi connectivity index (χ4v) is 3.02. The largest absolute Gasteiger partial charge is 0.367 e. The van der Waals surface area contributed by atoms with Crippen molar-refractivity contribution in [2.75, 3.05) is 5.32 Å². The fraction of sp³-hybridized carbons (Fsp3) is 0.312. The predicted octanol–water partition coefficient (Wildman–Crippen LogP) is 3.31. The Labute approximate surface area is 127 Å². The summed E-state index contributed by atoms with van der Waals surface area (Å²) in [5.74, 6) is 0.513. The van der Waals surface area contributed by atoms with Gasteiger partial charge < -0.3 is 5.32 Å². The number of nitrogens with zero attached hydrogens (tertiary/aromatic N) is 4. The van der Waals surface area contributed by atoms with Crippen LogP contribution in [0.5, 0.6) is 0 Å². The predicted molar refractivity (Wildman–Crippen MR) is 82.5 cm³/mol. The Morgan fingerprint density at radius 3 is 2.86 bits per heavy atom. The van der Waals surface area contributed by atoms with Crippen molar-refractivity contribution in [2.45, 2.75) is 31.7 Å². The summed E-state index contributed by atoms with van der Waals surface area (Å²) in [5.41, 5.74) is 1.33. The molecule has 0 radical (unpaired) electrons. The molecular weight excluding hydrogens is 281 g/mol.